The van der Waals surface area contributed by atoms with E-state index in [9.17, 15) is 0 Å². The molecular weight excluding hydrogens is 664 g/mol. The lowest BCUT2D eigenvalue weighted by atomic mass is 10.1. The number of rotatable bonds is 5. The number of pyridine rings is 2. The minimum absolute atomic E-state index is 0.742. The van der Waals surface area contributed by atoms with Crippen molar-refractivity contribution < 1.29 is 4.42 Å². The molecule has 0 saturated heterocycles. The van der Waals surface area contributed by atoms with Crippen LogP contribution in [0.15, 0.2) is 169 Å². The van der Waals surface area contributed by atoms with Crippen molar-refractivity contribution >= 4 is 94.1 Å². The molecule has 6 heterocycles. The molecular formula is C44H27N4OPS. The summed E-state index contributed by atoms with van der Waals surface area (Å²) < 4.78 is 13.8. The molecule has 7 heteroatoms. The SMILES string of the molecule is c1ccc(P(c2ccccc2)n2c3ccccc3c3sc4cc5c6ccccc6n(-c6coc7ccc(-c8ccccn8)nc67)c5cc4c32)cc1. The van der Waals surface area contributed by atoms with E-state index >= 15 is 0 Å². The van der Waals surface area contributed by atoms with E-state index in [4.69, 9.17) is 9.40 Å². The molecule has 240 valence electrons. The van der Waals surface area contributed by atoms with Crippen LogP contribution >= 0.6 is 19.4 Å². The van der Waals surface area contributed by atoms with Crippen molar-refractivity contribution in [1.29, 1.82) is 0 Å². The number of para-hydroxylation sites is 2. The molecule has 0 unspecified atom stereocenters. The van der Waals surface area contributed by atoms with Gasteiger partial charge in [-0.15, -0.1) is 11.3 Å². The van der Waals surface area contributed by atoms with Gasteiger partial charge in [-0.1, -0.05) is 103 Å². The molecule has 0 atom stereocenters. The van der Waals surface area contributed by atoms with Crippen molar-refractivity contribution in [3.8, 4) is 17.1 Å². The third-order valence-corrected chi connectivity index (χ3v) is 13.4. The maximum absolute atomic E-state index is 6.19. The number of aromatic nitrogens is 4. The van der Waals surface area contributed by atoms with Gasteiger partial charge in [-0.3, -0.25) is 4.98 Å². The lowest BCUT2D eigenvalue weighted by Crippen LogP contribution is -2.16. The summed E-state index contributed by atoms with van der Waals surface area (Å²) in [6, 6.07) is 54.2. The molecule has 6 aromatic heterocycles. The molecule has 0 fully saturated rings. The van der Waals surface area contributed by atoms with Crippen LogP contribution < -0.4 is 10.6 Å². The number of benzene rings is 5. The van der Waals surface area contributed by atoms with Gasteiger partial charge < -0.3 is 13.3 Å². The summed E-state index contributed by atoms with van der Waals surface area (Å²) in [4.78, 5) is 9.71. The molecule has 0 spiro atoms. The Kier molecular flexibility index (Phi) is 6.32. The van der Waals surface area contributed by atoms with E-state index in [-0.39, 0.29) is 0 Å². The number of hydrogen-bond acceptors (Lipinski definition) is 4. The van der Waals surface area contributed by atoms with Crippen LogP contribution in [0.1, 0.15) is 0 Å². The van der Waals surface area contributed by atoms with Crippen LogP contribution in [-0.2, 0) is 0 Å². The topological polar surface area (TPSA) is 48.8 Å². The zero-order valence-electron chi connectivity index (χ0n) is 27.1. The number of furan rings is 1. The predicted molar refractivity (Wildman–Crippen MR) is 214 cm³/mol. The Labute approximate surface area is 297 Å². The molecule has 0 aliphatic rings. The zero-order valence-corrected chi connectivity index (χ0v) is 28.9. The Hall–Kier alpha value is -6.07. The fourth-order valence-electron chi connectivity index (χ4n) is 7.61. The molecule has 11 rings (SSSR count). The Bertz CT molecular complexity index is 3050. The van der Waals surface area contributed by atoms with Crippen LogP contribution in [0, 0.1) is 0 Å². The second kappa shape index (κ2) is 11.2. The van der Waals surface area contributed by atoms with Gasteiger partial charge in [0.05, 0.1) is 46.2 Å². The van der Waals surface area contributed by atoms with E-state index in [1.165, 1.54) is 52.6 Å². The van der Waals surface area contributed by atoms with Gasteiger partial charge in [-0.05, 0) is 48.5 Å². The minimum atomic E-state index is -0.926. The normalized spacial score (nSPS) is 12.1. The zero-order chi connectivity index (χ0) is 33.5. The average Bonchev–Trinajstić information content (AvgIpc) is 3.94. The Morgan fingerprint density at radius 2 is 1.27 bits per heavy atom. The van der Waals surface area contributed by atoms with Crippen molar-refractivity contribution in [3.63, 3.8) is 0 Å². The van der Waals surface area contributed by atoms with Crippen LogP contribution in [0.4, 0.5) is 0 Å². The molecule has 0 radical (unpaired) electrons. The molecule has 0 amide bonds. The minimum Gasteiger partial charge on any atom is -0.460 e. The molecule has 0 saturated carbocycles. The van der Waals surface area contributed by atoms with Crippen molar-refractivity contribution in [1.82, 2.24) is 18.9 Å². The predicted octanol–water partition coefficient (Wildman–Crippen LogP) is 11.2. The molecule has 5 aromatic carbocycles. The highest BCUT2D eigenvalue weighted by molar-refractivity contribution is 7.72. The van der Waals surface area contributed by atoms with Gasteiger partial charge in [0.25, 0.3) is 0 Å². The van der Waals surface area contributed by atoms with Crippen LogP contribution in [0.5, 0.6) is 0 Å². The van der Waals surface area contributed by atoms with Gasteiger partial charge >= 0.3 is 0 Å². The first kappa shape index (κ1) is 28.7. The summed E-state index contributed by atoms with van der Waals surface area (Å²) in [5, 5.41) is 7.58. The first-order chi connectivity index (χ1) is 25.3. The number of hydrogen-bond donors (Lipinski definition) is 0. The summed E-state index contributed by atoms with van der Waals surface area (Å²) in [5.41, 5.74) is 8.88. The van der Waals surface area contributed by atoms with Crippen molar-refractivity contribution in [2.24, 2.45) is 0 Å². The molecule has 0 aliphatic carbocycles. The fraction of sp³-hybridized carbons (Fsp3) is 0. The van der Waals surface area contributed by atoms with E-state index in [0.29, 0.717) is 0 Å². The Morgan fingerprint density at radius 1 is 0.569 bits per heavy atom. The van der Waals surface area contributed by atoms with Crippen molar-refractivity contribution in [3.05, 3.63) is 164 Å². The van der Waals surface area contributed by atoms with Crippen LogP contribution in [0.25, 0.3) is 81.2 Å². The van der Waals surface area contributed by atoms with Gasteiger partial charge in [0, 0.05) is 43.1 Å². The number of nitrogens with zero attached hydrogens (tertiary/aromatic N) is 4. The Morgan fingerprint density at radius 3 is 2.04 bits per heavy atom. The van der Waals surface area contributed by atoms with Crippen LogP contribution in [0.2, 0.25) is 0 Å². The van der Waals surface area contributed by atoms with Gasteiger partial charge in [0.15, 0.2) is 5.58 Å². The van der Waals surface area contributed by atoms with Crippen molar-refractivity contribution in [2.45, 2.75) is 0 Å². The van der Waals surface area contributed by atoms with Gasteiger partial charge in [0.1, 0.15) is 17.5 Å². The molecule has 51 heavy (non-hydrogen) atoms. The summed E-state index contributed by atoms with van der Waals surface area (Å²) >= 11 is 1.89. The third kappa shape index (κ3) is 4.31. The quantitative estimate of drug-likeness (QED) is 0.169. The highest BCUT2D eigenvalue weighted by Crippen LogP contribution is 2.50. The maximum Gasteiger partial charge on any atom is 0.154 e. The number of fused-ring (bicyclic) bond motifs is 9. The molecule has 0 aliphatic heterocycles. The molecule has 0 N–H and O–H groups in total. The summed E-state index contributed by atoms with van der Waals surface area (Å²) in [7, 11) is -0.926. The smallest absolute Gasteiger partial charge is 0.154 e. The van der Waals surface area contributed by atoms with Gasteiger partial charge in [0.2, 0.25) is 0 Å². The standard InChI is InChI=1S/C44H27N4OPS/c1-3-13-28(14-4-1)50(29-15-5-2-6-16-29)48-37-21-10-8-18-31(37)44-43(48)33-25-38-32(26-41(33)51-44)30-17-7-9-20-36(30)47(38)39-27-49-40-23-22-35(46-42(39)40)34-19-11-12-24-45-34/h1-27H. The van der Waals surface area contributed by atoms with E-state index in [1.54, 1.807) is 6.20 Å². The summed E-state index contributed by atoms with van der Waals surface area (Å²) in [5.74, 6) is 0. The first-order valence-electron chi connectivity index (χ1n) is 16.9. The van der Waals surface area contributed by atoms with E-state index < -0.39 is 8.07 Å². The van der Waals surface area contributed by atoms with Crippen LogP contribution in [0.3, 0.4) is 0 Å². The Balaban J connectivity index is 1.25. The lowest BCUT2D eigenvalue weighted by Gasteiger charge is -2.22. The monoisotopic (exact) mass is 690 g/mol. The molecule has 5 nitrogen and oxygen atoms in total. The molecule has 11 aromatic rings. The largest absolute Gasteiger partial charge is 0.460 e. The first-order valence-corrected chi connectivity index (χ1v) is 19.0. The van der Waals surface area contributed by atoms with Crippen molar-refractivity contribution in [2.75, 3.05) is 0 Å². The summed E-state index contributed by atoms with van der Waals surface area (Å²) in [6.07, 6.45) is 3.65. The average molecular weight is 691 g/mol. The maximum atomic E-state index is 6.19. The van der Waals surface area contributed by atoms with Gasteiger partial charge in [-0.25, -0.2) is 4.98 Å². The third-order valence-electron chi connectivity index (χ3n) is 9.81. The summed E-state index contributed by atoms with van der Waals surface area (Å²) in [6.45, 7) is 0. The lowest BCUT2D eigenvalue weighted by molar-refractivity contribution is 0.613. The van der Waals surface area contributed by atoms with E-state index in [1.807, 2.05) is 47.9 Å². The number of thiophene rings is 1. The highest BCUT2D eigenvalue weighted by Gasteiger charge is 2.26. The highest BCUT2D eigenvalue weighted by atomic mass is 32.1. The molecule has 0 bridgehead atoms. The van der Waals surface area contributed by atoms with Gasteiger partial charge in [-0.2, -0.15) is 0 Å². The van der Waals surface area contributed by atoms with Crippen LogP contribution in [-0.4, -0.2) is 18.9 Å². The van der Waals surface area contributed by atoms with E-state index in [2.05, 4.69) is 135 Å². The second-order valence-corrected chi connectivity index (χ2v) is 15.8. The second-order valence-electron chi connectivity index (χ2n) is 12.7. The fourth-order valence-corrected chi connectivity index (χ4v) is 11.4. The van der Waals surface area contributed by atoms with E-state index in [0.717, 1.165) is 39.2 Å².